The molecule has 2 N–H and O–H groups in total. The van der Waals surface area contributed by atoms with E-state index in [0.717, 1.165) is 0 Å². The van der Waals surface area contributed by atoms with Crippen molar-refractivity contribution in [1.29, 1.82) is 0 Å². The van der Waals surface area contributed by atoms with E-state index < -0.39 is 11.8 Å². The van der Waals surface area contributed by atoms with E-state index in [9.17, 15) is 9.59 Å². The van der Waals surface area contributed by atoms with Gasteiger partial charge in [-0.15, -0.1) is 0 Å². The fourth-order valence-electron chi connectivity index (χ4n) is 1.51. The molecule has 0 saturated heterocycles. The number of anilines is 1. The monoisotopic (exact) mass is 225 g/mol. The predicted molar refractivity (Wildman–Crippen MR) is 58.0 cm³/mol. The predicted octanol–water partition coefficient (Wildman–Crippen LogP) is 0.539. The van der Waals surface area contributed by atoms with Crippen LogP contribution in [0.2, 0.25) is 0 Å². The number of ether oxygens (including phenoxy) is 1. The zero-order valence-corrected chi connectivity index (χ0v) is 9.61. The van der Waals surface area contributed by atoms with Crippen LogP contribution in [0.15, 0.2) is 0 Å². The van der Waals surface area contributed by atoms with E-state index in [-0.39, 0.29) is 18.1 Å². The zero-order valence-electron chi connectivity index (χ0n) is 9.61. The van der Waals surface area contributed by atoms with Crippen molar-refractivity contribution in [2.24, 2.45) is 0 Å². The molecule has 0 saturated carbocycles. The third kappa shape index (κ3) is 2.05. The largest absolute Gasteiger partial charge is 0.460 e. The highest BCUT2D eigenvalue weighted by Crippen LogP contribution is 2.15. The Balaban J connectivity index is 3.12. The first-order valence-electron chi connectivity index (χ1n) is 5.06. The summed E-state index contributed by atoms with van der Waals surface area (Å²) in [6.07, 6.45) is 0. The molecule has 1 heterocycles. The van der Waals surface area contributed by atoms with Gasteiger partial charge in [-0.2, -0.15) is 0 Å². The molecule has 6 nitrogen and oxygen atoms in total. The van der Waals surface area contributed by atoms with Crippen LogP contribution in [0.5, 0.6) is 0 Å². The number of imidazole rings is 1. The highest BCUT2D eigenvalue weighted by atomic mass is 16.5. The summed E-state index contributed by atoms with van der Waals surface area (Å²) in [6.45, 7) is 5.88. The second kappa shape index (κ2) is 4.78. The van der Waals surface area contributed by atoms with Gasteiger partial charge in [0.2, 0.25) is 0 Å². The number of ketones is 1. The first kappa shape index (κ1) is 12.2. The number of aromatic nitrogens is 2. The summed E-state index contributed by atoms with van der Waals surface area (Å²) < 4.78 is 6.23. The summed E-state index contributed by atoms with van der Waals surface area (Å²) in [4.78, 5) is 27.0. The Hall–Kier alpha value is -1.85. The Bertz CT molecular complexity index is 423. The number of carbonyl (C=O) groups is 2. The van der Waals surface area contributed by atoms with Crippen LogP contribution < -0.4 is 5.73 Å². The van der Waals surface area contributed by atoms with E-state index in [1.807, 2.05) is 6.92 Å². The molecule has 0 spiro atoms. The summed E-state index contributed by atoms with van der Waals surface area (Å²) in [5.74, 6) is -0.976. The van der Waals surface area contributed by atoms with Gasteiger partial charge < -0.3 is 15.0 Å². The molecule has 1 rings (SSSR count). The Morgan fingerprint density at radius 2 is 2.06 bits per heavy atom. The van der Waals surface area contributed by atoms with Crippen LogP contribution in [0, 0.1) is 6.92 Å². The van der Waals surface area contributed by atoms with Crippen LogP contribution >= 0.6 is 0 Å². The van der Waals surface area contributed by atoms with Crippen molar-refractivity contribution in [2.75, 3.05) is 12.3 Å². The first-order chi connectivity index (χ1) is 7.52. The second-order valence-electron chi connectivity index (χ2n) is 3.19. The fourth-order valence-corrected chi connectivity index (χ4v) is 1.51. The molecule has 0 aliphatic rings. The number of nitrogens with two attached hydrogens (primary N) is 1. The Kier molecular flexibility index (Phi) is 3.65. The van der Waals surface area contributed by atoms with Crippen molar-refractivity contribution < 1.29 is 14.3 Å². The van der Waals surface area contributed by atoms with Crippen molar-refractivity contribution in [3.8, 4) is 0 Å². The van der Waals surface area contributed by atoms with Crippen molar-refractivity contribution in [3.05, 3.63) is 11.5 Å². The number of Topliss-reactive ketones (excluding diaryl/α,β-unsaturated/α-hetero) is 1. The lowest BCUT2D eigenvalue weighted by atomic mass is 10.3. The molecule has 0 aliphatic carbocycles. The van der Waals surface area contributed by atoms with Gasteiger partial charge in [-0.1, -0.05) is 0 Å². The summed E-state index contributed by atoms with van der Waals surface area (Å²) in [7, 11) is 0. The normalized spacial score (nSPS) is 10.2. The summed E-state index contributed by atoms with van der Waals surface area (Å²) in [6, 6.07) is 0. The molecule has 0 fully saturated rings. The van der Waals surface area contributed by atoms with Crippen molar-refractivity contribution in [3.63, 3.8) is 0 Å². The molecular weight excluding hydrogens is 210 g/mol. The molecule has 0 radical (unpaired) electrons. The van der Waals surface area contributed by atoms with Crippen LogP contribution in [-0.4, -0.2) is 27.9 Å². The van der Waals surface area contributed by atoms with Crippen LogP contribution in [0.25, 0.3) is 0 Å². The molecule has 16 heavy (non-hydrogen) atoms. The lowest BCUT2D eigenvalue weighted by Crippen LogP contribution is -2.22. The maximum Gasteiger partial charge on any atom is 0.381 e. The van der Waals surface area contributed by atoms with Crippen molar-refractivity contribution >= 4 is 17.6 Å². The molecule has 1 aromatic heterocycles. The molecule has 88 valence electrons. The number of hydrogen-bond donors (Lipinski definition) is 1. The molecule has 6 heteroatoms. The lowest BCUT2D eigenvalue weighted by molar-refractivity contribution is -0.137. The average Bonchev–Trinajstić information content (AvgIpc) is 2.52. The number of rotatable bonds is 4. The third-order valence-electron chi connectivity index (χ3n) is 2.18. The maximum atomic E-state index is 11.7. The minimum Gasteiger partial charge on any atom is -0.460 e. The van der Waals surface area contributed by atoms with Crippen LogP contribution in [0.1, 0.15) is 30.2 Å². The summed E-state index contributed by atoms with van der Waals surface area (Å²) in [5.41, 5.74) is 5.70. The highest BCUT2D eigenvalue weighted by molar-refractivity contribution is 6.41. The molecule has 0 amide bonds. The lowest BCUT2D eigenvalue weighted by Gasteiger charge is -2.06. The van der Waals surface area contributed by atoms with Gasteiger partial charge in [0.25, 0.3) is 5.78 Å². The standard InChI is InChI=1S/C10H15N3O3/c1-4-13-6(3)12-9(11)7(13)8(14)10(15)16-5-2/h4-5,11H2,1-3H3. The van der Waals surface area contributed by atoms with Gasteiger partial charge in [0.1, 0.15) is 11.5 Å². The molecule has 0 aromatic carbocycles. The van der Waals surface area contributed by atoms with E-state index in [1.165, 1.54) is 0 Å². The van der Waals surface area contributed by atoms with Gasteiger partial charge in [0, 0.05) is 6.54 Å². The van der Waals surface area contributed by atoms with Crippen molar-refractivity contribution in [2.45, 2.75) is 27.3 Å². The molecule has 1 aromatic rings. The van der Waals surface area contributed by atoms with Gasteiger partial charge >= 0.3 is 5.97 Å². The topological polar surface area (TPSA) is 87.2 Å². The van der Waals surface area contributed by atoms with Gasteiger partial charge in [-0.3, -0.25) is 4.79 Å². The van der Waals surface area contributed by atoms with Gasteiger partial charge in [-0.25, -0.2) is 9.78 Å². The molecule has 0 unspecified atom stereocenters. The summed E-state index contributed by atoms with van der Waals surface area (Å²) >= 11 is 0. The van der Waals surface area contributed by atoms with Gasteiger partial charge in [0.05, 0.1) is 6.61 Å². The molecule has 0 bridgehead atoms. The Morgan fingerprint density at radius 1 is 1.44 bits per heavy atom. The number of carbonyl (C=O) groups excluding carboxylic acids is 2. The van der Waals surface area contributed by atoms with Gasteiger partial charge in [-0.05, 0) is 20.8 Å². The zero-order chi connectivity index (χ0) is 12.3. The minimum atomic E-state index is -0.899. The third-order valence-corrected chi connectivity index (χ3v) is 2.18. The Labute approximate surface area is 93.4 Å². The molecule has 0 atom stereocenters. The van der Waals surface area contributed by atoms with E-state index in [0.29, 0.717) is 12.4 Å². The van der Waals surface area contributed by atoms with E-state index in [1.54, 1.807) is 18.4 Å². The Morgan fingerprint density at radius 3 is 2.56 bits per heavy atom. The number of nitrogens with zero attached hydrogens (tertiary/aromatic N) is 2. The van der Waals surface area contributed by atoms with Crippen LogP contribution in [0.4, 0.5) is 5.82 Å². The van der Waals surface area contributed by atoms with E-state index >= 15 is 0 Å². The second-order valence-corrected chi connectivity index (χ2v) is 3.19. The fraction of sp³-hybridized carbons (Fsp3) is 0.500. The number of hydrogen-bond acceptors (Lipinski definition) is 5. The van der Waals surface area contributed by atoms with E-state index in [2.05, 4.69) is 9.72 Å². The first-order valence-corrected chi connectivity index (χ1v) is 5.06. The number of nitrogen functional groups attached to an aromatic ring is 1. The van der Waals surface area contributed by atoms with Gasteiger partial charge in [0.15, 0.2) is 5.82 Å². The quantitative estimate of drug-likeness (QED) is 0.459. The molecular formula is C10H15N3O3. The van der Waals surface area contributed by atoms with E-state index in [4.69, 9.17) is 5.73 Å². The number of esters is 1. The van der Waals surface area contributed by atoms with Crippen LogP contribution in [0.3, 0.4) is 0 Å². The SMILES string of the molecule is CCOC(=O)C(=O)c1c(N)nc(C)n1CC. The van der Waals surface area contributed by atoms with Crippen LogP contribution in [-0.2, 0) is 16.1 Å². The smallest absolute Gasteiger partial charge is 0.381 e. The summed E-state index contributed by atoms with van der Waals surface area (Å²) in [5, 5.41) is 0. The molecule has 0 aliphatic heterocycles. The average molecular weight is 225 g/mol. The maximum absolute atomic E-state index is 11.7. The minimum absolute atomic E-state index is 0.0670. The van der Waals surface area contributed by atoms with Crippen molar-refractivity contribution in [1.82, 2.24) is 9.55 Å². The number of aryl methyl sites for hydroxylation is 1. The highest BCUT2D eigenvalue weighted by Gasteiger charge is 2.25.